The Morgan fingerprint density at radius 2 is 1.90 bits per heavy atom. The van der Waals surface area contributed by atoms with E-state index in [-0.39, 0.29) is 22.0 Å². The summed E-state index contributed by atoms with van der Waals surface area (Å²) in [5.74, 6) is -0.120. The van der Waals surface area contributed by atoms with Gasteiger partial charge in [-0.2, -0.15) is 4.98 Å². The second-order valence-corrected chi connectivity index (χ2v) is 6.30. The molecule has 0 saturated carbocycles. The van der Waals surface area contributed by atoms with Crippen molar-refractivity contribution in [3.8, 4) is 0 Å². The summed E-state index contributed by atoms with van der Waals surface area (Å²) in [4.78, 5) is 21.9. The topological polar surface area (TPSA) is 124 Å². The highest BCUT2D eigenvalue weighted by Gasteiger charge is 2.22. The van der Waals surface area contributed by atoms with Gasteiger partial charge in [0, 0.05) is 0 Å². The van der Waals surface area contributed by atoms with Gasteiger partial charge in [-0.1, -0.05) is 17.7 Å². The highest BCUT2D eigenvalue weighted by molar-refractivity contribution is 7.90. The van der Waals surface area contributed by atoms with Crippen molar-refractivity contribution in [3.63, 3.8) is 0 Å². The molecule has 3 N–H and O–H groups in total. The van der Waals surface area contributed by atoms with E-state index in [9.17, 15) is 13.2 Å². The van der Waals surface area contributed by atoms with Gasteiger partial charge in [-0.3, -0.25) is 9.78 Å². The molecule has 0 atom stereocenters. The van der Waals surface area contributed by atoms with Crippen molar-refractivity contribution in [1.82, 2.24) is 18.9 Å². The molecule has 8 nitrogen and oxygen atoms in total. The molecule has 2 heterocycles. The number of H-pyrrole nitrogens is 1. The quantitative estimate of drug-likeness (QED) is 0.699. The predicted molar refractivity (Wildman–Crippen MR) is 76.3 cm³/mol. The Morgan fingerprint density at radius 1 is 1.24 bits per heavy atom. The summed E-state index contributed by atoms with van der Waals surface area (Å²) in [5.41, 5.74) is 5.49. The number of hydrogen-bond donors (Lipinski definition) is 2. The molecule has 0 fully saturated rings. The molecule has 108 valence electrons. The van der Waals surface area contributed by atoms with Crippen LogP contribution >= 0.6 is 0 Å². The Morgan fingerprint density at radius 3 is 2.57 bits per heavy atom. The molecule has 0 spiro atoms. The van der Waals surface area contributed by atoms with Gasteiger partial charge >= 0.3 is 0 Å². The van der Waals surface area contributed by atoms with Gasteiger partial charge in [-0.25, -0.2) is 17.4 Å². The first kappa shape index (κ1) is 13.3. The lowest BCUT2D eigenvalue weighted by molar-refractivity contribution is 0.588. The highest BCUT2D eigenvalue weighted by Crippen LogP contribution is 2.17. The van der Waals surface area contributed by atoms with Crippen LogP contribution < -0.4 is 11.3 Å². The van der Waals surface area contributed by atoms with Crippen LogP contribution in [0.4, 0.5) is 5.95 Å². The summed E-state index contributed by atoms with van der Waals surface area (Å²) >= 11 is 0. The first-order valence-corrected chi connectivity index (χ1v) is 7.39. The van der Waals surface area contributed by atoms with E-state index in [1.54, 1.807) is 12.1 Å². The van der Waals surface area contributed by atoms with Crippen LogP contribution in [-0.2, 0) is 10.0 Å². The molecule has 1 aromatic carbocycles. The van der Waals surface area contributed by atoms with Crippen molar-refractivity contribution < 1.29 is 8.42 Å². The number of nitrogens with one attached hydrogen (secondary N) is 1. The molecule has 0 saturated heterocycles. The van der Waals surface area contributed by atoms with Crippen LogP contribution in [-0.4, -0.2) is 27.3 Å². The summed E-state index contributed by atoms with van der Waals surface area (Å²) in [6, 6.07) is 6.28. The largest absolute Gasteiger partial charge is 0.369 e. The van der Waals surface area contributed by atoms with Crippen LogP contribution in [0.15, 0.2) is 40.3 Å². The SMILES string of the molecule is Cc1ccc(S(=O)(=O)n2cnc3nc(N)[nH]c(=O)c32)cc1. The number of aromatic amines is 1. The number of aromatic nitrogens is 4. The molecular weight excluding hydrogens is 294 g/mol. The third kappa shape index (κ3) is 2.07. The van der Waals surface area contributed by atoms with E-state index in [2.05, 4.69) is 15.0 Å². The van der Waals surface area contributed by atoms with Gasteiger partial charge < -0.3 is 5.73 Å². The maximum atomic E-state index is 12.6. The number of nitrogens with zero attached hydrogens (tertiary/aromatic N) is 3. The van der Waals surface area contributed by atoms with Gasteiger partial charge in [0.25, 0.3) is 15.6 Å². The van der Waals surface area contributed by atoms with Crippen molar-refractivity contribution in [1.29, 1.82) is 0 Å². The zero-order chi connectivity index (χ0) is 15.2. The van der Waals surface area contributed by atoms with Gasteiger partial charge in [0.15, 0.2) is 11.2 Å². The van der Waals surface area contributed by atoms with E-state index in [1.165, 1.54) is 12.1 Å². The molecule has 0 unspecified atom stereocenters. The average molecular weight is 305 g/mol. The molecule has 0 aliphatic heterocycles. The van der Waals surface area contributed by atoms with E-state index < -0.39 is 15.6 Å². The van der Waals surface area contributed by atoms with E-state index in [0.717, 1.165) is 15.9 Å². The Bertz CT molecular complexity index is 986. The number of nitrogen functional groups attached to an aromatic ring is 1. The fourth-order valence-electron chi connectivity index (χ4n) is 1.93. The molecule has 3 rings (SSSR count). The normalized spacial score (nSPS) is 11.9. The number of benzene rings is 1. The minimum Gasteiger partial charge on any atom is -0.369 e. The zero-order valence-corrected chi connectivity index (χ0v) is 11.8. The third-order valence-corrected chi connectivity index (χ3v) is 4.64. The lowest BCUT2D eigenvalue weighted by Gasteiger charge is -2.06. The predicted octanol–water partition coefficient (Wildman–Crippen LogP) is 0.247. The lowest BCUT2D eigenvalue weighted by Crippen LogP contribution is -2.19. The monoisotopic (exact) mass is 305 g/mol. The summed E-state index contributed by atoms with van der Waals surface area (Å²) in [7, 11) is -3.92. The first-order chi connectivity index (χ1) is 9.89. The number of rotatable bonds is 2. The Kier molecular flexibility index (Phi) is 2.80. The molecule has 2 aromatic heterocycles. The first-order valence-electron chi connectivity index (χ1n) is 5.95. The van der Waals surface area contributed by atoms with Crippen LogP contribution in [0.5, 0.6) is 0 Å². The molecular formula is C12H11N5O3S. The summed E-state index contributed by atoms with van der Waals surface area (Å²) in [6.07, 6.45) is 1.04. The summed E-state index contributed by atoms with van der Waals surface area (Å²) in [5, 5.41) is 0. The molecule has 0 amide bonds. The van der Waals surface area contributed by atoms with Crippen LogP contribution in [0, 0.1) is 6.92 Å². The van der Waals surface area contributed by atoms with Crippen LogP contribution in [0.3, 0.4) is 0 Å². The summed E-state index contributed by atoms with van der Waals surface area (Å²) < 4.78 is 25.9. The zero-order valence-electron chi connectivity index (χ0n) is 10.9. The highest BCUT2D eigenvalue weighted by atomic mass is 32.2. The fourth-order valence-corrected chi connectivity index (χ4v) is 3.21. The van der Waals surface area contributed by atoms with Crippen molar-refractivity contribution in [2.75, 3.05) is 5.73 Å². The number of imidazole rings is 1. The molecule has 0 aliphatic carbocycles. The van der Waals surface area contributed by atoms with Gasteiger partial charge in [0.1, 0.15) is 6.33 Å². The number of aryl methyl sites for hydroxylation is 1. The Labute approximate surface area is 119 Å². The van der Waals surface area contributed by atoms with Crippen LogP contribution in [0.25, 0.3) is 11.2 Å². The maximum Gasteiger partial charge on any atom is 0.279 e. The van der Waals surface area contributed by atoms with Crippen molar-refractivity contribution in [3.05, 3.63) is 46.5 Å². The number of fused-ring (bicyclic) bond motifs is 1. The minimum absolute atomic E-state index is 0.0214. The molecule has 0 radical (unpaired) electrons. The number of nitrogens with two attached hydrogens (primary N) is 1. The van der Waals surface area contributed by atoms with E-state index >= 15 is 0 Å². The van der Waals surface area contributed by atoms with E-state index in [0.29, 0.717) is 0 Å². The fraction of sp³-hybridized carbons (Fsp3) is 0.0833. The van der Waals surface area contributed by atoms with E-state index in [4.69, 9.17) is 5.73 Å². The van der Waals surface area contributed by atoms with Gasteiger partial charge in [0.05, 0.1) is 4.90 Å². The van der Waals surface area contributed by atoms with Crippen LogP contribution in [0.2, 0.25) is 0 Å². The average Bonchev–Trinajstić information content (AvgIpc) is 2.83. The molecule has 21 heavy (non-hydrogen) atoms. The molecule has 3 aromatic rings. The Hall–Kier alpha value is -2.68. The van der Waals surface area contributed by atoms with Crippen LogP contribution in [0.1, 0.15) is 5.56 Å². The third-order valence-electron chi connectivity index (χ3n) is 2.98. The second-order valence-electron chi connectivity index (χ2n) is 4.48. The number of anilines is 1. The molecule has 9 heteroatoms. The second kappa shape index (κ2) is 4.42. The van der Waals surface area contributed by atoms with Crippen molar-refractivity contribution in [2.45, 2.75) is 11.8 Å². The van der Waals surface area contributed by atoms with Crippen molar-refractivity contribution in [2.24, 2.45) is 0 Å². The standard InChI is InChI=1S/C12H11N5O3S/c1-7-2-4-8(5-3-7)21(19,20)17-6-14-10-9(17)11(18)16-12(13)15-10/h2-6H,1H3,(H3,13,15,16,18). The van der Waals surface area contributed by atoms with Gasteiger partial charge in [-0.15, -0.1) is 0 Å². The van der Waals surface area contributed by atoms with Gasteiger partial charge in [-0.05, 0) is 19.1 Å². The summed E-state index contributed by atoms with van der Waals surface area (Å²) in [6.45, 7) is 1.85. The Balaban J connectivity index is 2.29. The van der Waals surface area contributed by atoms with Crippen molar-refractivity contribution >= 4 is 27.1 Å². The lowest BCUT2D eigenvalue weighted by atomic mass is 10.2. The van der Waals surface area contributed by atoms with E-state index in [1.807, 2.05) is 6.92 Å². The number of hydrogen-bond acceptors (Lipinski definition) is 6. The minimum atomic E-state index is -3.92. The molecule has 0 aliphatic rings. The molecule has 0 bridgehead atoms. The maximum absolute atomic E-state index is 12.6. The van der Waals surface area contributed by atoms with Gasteiger partial charge in [0.2, 0.25) is 5.95 Å². The smallest absolute Gasteiger partial charge is 0.279 e.